The van der Waals surface area contributed by atoms with Gasteiger partial charge in [-0.15, -0.1) is 0 Å². The Labute approximate surface area is 71.9 Å². The van der Waals surface area contributed by atoms with E-state index in [4.69, 9.17) is 0 Å². The normalized spacial score (nSPS) is 15.8. The molecule has 1 aromatic heterocycles. The van der Waals surface area contributed by atoms with E-state index in [9.17, 15) is 0 Å². The van der Waals surface area contributed by atoms with Crippen LogP contribution in [0, 0.1) is 0 Å². The maximum Gasteiger partial charge on any atom is 0.0919 e. The van der Waals surface area contributed by atoms with Gasteiger partial charge in [0.25, 0.3) is 0 Å². The summed E-state index contributed by atoms with van der Waals surface area (Å²) in [5.74, 6) is 0. The van der Waals surface area contributed by atoms with Crippen LogP contribution in [0.15, 0.2) is 6.58 Å². The third-order valence-electron chi connectivity index (χ3n) is 2.21. The Morgan fingerprint density at radius 2 is 2.42 bits per heavy atom. The number of aromatic nitrogens is 2. The summed E-state index contributed by atoms with van der Waals surface area (Å²) in [5.41, 5.74) is 4.65. The van der Waals surface area contributed by atoms with E-state index in [1.54, 1.807) is 0 Å². The van der Waals surface area contributed by atoms with Crippen molar-refractivity contribution in [2.45, 2.75) is 19.9 Å². The van der Waals surface area contributed by atoms with E-state index in [0.29, 0.717) is 0 Å². The molecular formula is C9H13N3. The molecule has 3 nitrogen and oxygen atoms in total. The molecule has 0 atom stereocenters. The van der Waals surface area contributed by atoms with Crippen molar-refractivity contribution >= 4 is 5.57 Å². The molecule has 1 aliphatic heterocycles. The summed E-state index contributed by atoms with van der Waals surface area (Å²) in [6.07, 6.45) is 1.05. The van der Waals surface area contributed by atoms with E-state index in [1.807, 2.05) is 6.92 Å². The average Bonchev–Trinajstić information content (AvgIpc) is 2.47. The van der Waals surface area contributed by atoms with Crippen LogP contribution in [0.4, 0.5) is 0 Å². The number of rotatable bonds is 1. The summed E-state index contributed by atoms with van der Waals surface area (Å²) in [6.45, 7) is 7.86. The molecule has 3 heteroatoms. The SMILES string of the molecule is C=C(C)c1n[nH]c2c1CNCC2. The number of nitrogens with one attached hydrogen (secondary N) is 2. The molecule has 64 valence electrons. The van der Waals surface area contributed by atoms with Gasteiger partial charge in [-0.1, -0.05) is 6.58 Å². The minimum absolute atomic E-state index is 0.925. The van der Waals surface area contributed by atoms with Gasteiger partial charge in [-0.3, -0.25) is 5.10 Å². The maximum absolute atomic E-state index is 4.23. The number of H-pyrrole nitrogens is 1. The summed E-state index contributed by atoms with van der Waals surface area (Å²) >= 11 is 0. The van der Waals surface area contributed by atoms with Gasteiger partial charge in [0, 0.05) is 30.8 Å². The predicted octanol–water partition coefficient (Wildman–Crippen LogP) is 1.09. The first-order valence-electron chi connectivity index (χ1n) is 4.21. The van der Waals surface area contributed by atoms with E-state index in [2.05, 4.69) is 22.1 Å². The molecule has 0 unspecified atom stereocenters. The lowest BCUT2D eigenvalue weighted by Crippen LogP contribution is -2.23. The highest BCUT2D eigenvalue weighted by molar-refractivity contribution is 5.61. The third-order valence-corrected chi connectivity index (χ3v) is 2.21. The zero-order valence-electron chi connectivity index (χ0n) is 7.28. The van der Waals surface area contributed by atoms with Crippen molar-refractivity contribution in [3.8, 4) is 0 Å². The second-order valence-electron chi connectivity index (χ2n) is 3.24. The van der Waals surface area contributed by atoms with E-state index in [1.165, 1.54) is 11.3 Å². The van der Waals surface area contributed by atoms with Crippen LogP contribution in [0.2, 0.25) is 0 Å². The van der Waals surface area contributed by atoms with Crippen LogP contribution in [-0.4, -0.2) is 16.7 Å². The fourth-order valence-electron chi connectivity index (χ4n) is 1.58. The Bertz CT molecular complexity index is 312. The molecule has 2 rings (SSSR count). The van der Waals surface area contributed by atoms with Crippen molar-refractivity contribution in [2.24, 2.45) is 0 Å². The van der Waals surface area contributed by atoms with Crippen LogP contribution in [0.25, 0.3) is 5.57 Å². The van der Waals surface area contributed by atoms with Gasteiger partial charge in [0.05, 0.1) is 5.69 Å². The monoisotopic (exact) mass is 163 g/mol. The molecule has 0 saturated carbocycles. The van der Waals surface area contributed by atoms with Crippen molar-refractivity contribution in [3.63, 3.8) is 0 Å². The Balaban J connectivity index is 2.44. The highest BCUT2D eigenvalue weighted by Gasteiger charge is 2.15. The zero-order chi connectivity index (χ0) is 8.55. The molecule has 0 radical (unpaired) electrons. The lowest BCUT2D eigenvalue weighted by Gasteiger charge is -2.12. The highest BCUT2D eigenvalue weighted by Crippen LogP contribution is 2.20. The van der Waals surface area contributed by atoms with Gasteiger partial charge >= 0.3 is 0 Å². The van der Waals surface area contributed by atoms with Crippen LogP contribution in [0.5, 0.6) is 0 Å². The molecule has 1 aromatic rings. The molecular weight excluding hydrogens is 150 g/mol. The number of hydrogen-bond acceptors (Lipinski definition) is 2. The number of aromatic amines is 1. The number of fused-ring (bicyclic) bond motifs is 1. The number of hydrogen-bond donors (Lipinski definition) is 2. The van der Waals surface area contributed by atoms with Crippen molar-refractivity contribution in [3.05, 3.63) is 23.5 Å². The average molecular weight is 163 g/mol. The van der Waals surface area contributed by atoms with E-state index < -0.39 is 0 Å². The smallest absolute Gasteiger partial charge is 0.0919 e. The molecule has 2 heterocycles. The minimum Gasteiger partial charge on any atom is -0.312 e. The second-order valence-corrected chi connectivity index (χ2v) is 3.24. The number of nitrogens with zero attached hydrogens (tertiary/aromatic N) is 1. The standard InChI is InChI=1S/C9H13N3/c1-6(2)9-7-5-10-4-3-8(7)11-12-9/h10H,1,3-5H2,2H3,(H,11,12). The lowest BCUT2D eigenvalue weighted by molar-refractivity contribution is 0.636. The second kappa shape index (κ2) is 2.75. The predicted molar refractivity (Wildman–Crippen MR) is 48.7 cm³/mol. The number of allylic oxidation sites excluding steroid dienone is 1. The fourth-order valence-corrected chi connectivity index (χ4v) is 1.58. The van der Waals surface area contributed by atoms with Crippen LogP contribution in [0.3, 0.4) is 0 Å². The summed E-state index contributed by atoms with van der Waals surface area (Å²) in [5, 5.41) is 10.6. The highest BCUT2D eigenvalue weighted by atomic mass is 15.1. The Morgan fingerprint density at radius 3 is 3.17 bits per heavy atom. The van der Waals surface area contributed by atoms with E-state index in [-0.39, 0.29) is 0 Å². The van der Waals surface area contributed by atoms with Crippen LogP contribution in [0.1, 0.15) is 23.9 Å². The molecule has 0 fully saturated rings. The first kappa shape index (κ1) is 7.55. The van der Waals surface area contributed by atoms with Gasteiger partial charge in [0.15, 0.2) is 0 Å². The van der Waals surface area contributed by atoms with E-state index in [0.717, 1.165) is 30.8 Å². The Morgan fingerprint density at radius 1 is 1.58 bits per heavy atom. The van der Waals surface area contributed by atoms with Gasteiger partial charge < -0.3 is 5.32 Å². The maximum atomic E-state index is 4.23. The summed E-state index contributed by atoms with van der Waals surface area (Å²) < 4.78 is 0. The summed E-state index contributed by atoms with van der Waals surface area (Å²) in [4.78, 5) is 0. The van der Waals surface area contributed by atoms with Gasteiger partial charge in [-0.2, -0.15) is 5.10 Å². The molecule has 12 heavy (non-hydrogen) atoms. The van der Waals surface area contributed by atoms with Crippen molar-refractivity contribution in [1.82, 2.24) is 15.5 Å². The van der Waals surface area contributed by atoms with Crippen molar-refractivity contribution < 1.29 is 0 Å². The molecule has 0 spiro atoms. The molecule has 0 aliphatic carbocycles. The lowest BCUT2D eigenvalue weighted by atomic mass is 10.0. The first-order chi connectivity index (χ1) is 5.79. The van der Waals surface area contributed by atoms with Crippen molar-refractivity contribution in [2.75, 3.05) is 6.54 Å². The molecule has 0 aromatic carbocycles. The van der Waals surface area contributed by atoms with Gasteiger partial charge in [0.2, 0.25) is 0 Å². The topological polar surface area (TPSA) is 40.7 Å². The molecule has 0 saturated heterocycles. The zero-order valence-corrected chi connectivity index (χ0v) is 7.28. The molecule has 1 aliphatic rings. The minimum atomic E-state index is 0.925. The Hall–Kier alpha value is -1.09. The van der Waals surface area contributed by atoms with Gasteiger partial charge in [-0.05, 0) is 12.5 Å². The van der Waals surface area contributed by atoms with Crippen LogP contribution < -0.4 is 5.32 Å². The largest absolute Gasteiger partial charge is 0.312 e. The molecule has 0 amide bonds. The first-order valence-corrected chi connectivity index (χ1v) is 4.21. The molecule has 2 N–H and O–H groups in total. The molecule has 0 bridgehead atoms. The Kier molecular flexibility index (Phi) is 1.73. The summed E-state index contributed by atoms with van der Waals surface area (Å²) in [6, 6.07) is 0. The van der Waals surface area contributed by atoms with Crippen molar-refractivity contribution in [1.29, 1.82) is 0 Å². The quantitative estimate of drug-likeness (QED) is 0.650. The summed E-state index contributed by atoms with van der Waals surface area (Å²) in [7, 11) is 0. The van der Waals surface area contributed by atoms with Gasteiger partial charge in [0.1, 0.15) is 0 Å². The third kappa shape index (κ3) is 1.06. The fraction of sp³-hybridized carbons (Fsp3) is 0.444. The van der Waals surface area contributed by atoms with Crippen LogP contribution >= 0.6 is 0 Å². The van der Waals surface area contributed by atoms with E-state index >= 15 is 0 Å². The van der Waals surface area contributed by atoms with Crippen LogP contribution in [-0.2, 0) is 13.0 Å². The van der Waals surface area contributed by atoms with Gasteiger partial charge in [-0.25, -0.2) is 0 Å².